The third kappa shape index (κ3) is 5.79. The molecule has 2 saturated heterocycles. The summed E-state index contributed by atoms with van der Waals surface area (Å²) in [6.07, 6.45) is 4.69. The van der Waals surface area contributed by atoms with Crippen LogP contribution in [0.2, 0.25) is 0 Å². The number of morpholine rings is 1. The first-order valence-corrected chi connectivity index (χ1v) is 9.77. The number of carbonyl (C=O) groups excluding carboxylic acids is 2. The van der Waals surface area contributed by atoms with E-state index in [1.54, 1.807) is 12.4 Å². The van der Waals surface area contributed by atoms with Crippen LogP contribution in [0.5, 0.6) is 0 Å². The Bertz CT molecular complexity index is 671. The molecule has 2 N–H and O–H groups in total. The molecule has 2 aliphatic heterocycles. The van der Waals surface area contributed by atoms with Gasteiger partial charge in [-0.1, -0.05) is 6.07 Å². The quantitative estimate of drug-likeness (QED) is 0.657. The number of pyridine rings is 1. The van der Waals surface area contributed by atoms with E-state index in [1.807, 2.05) is 17.0 Å². The second-order valence-corrected chi connectivity index (χ2v) is 7.38. The van der Waals surface area contributed by atoms with E-state index < -0.39 is 12.1 Å². The molecule has 162 valence electrons. The van der Waals surface area contributed by atoms with Crippen molar-refractivity contribution in [3.05, 3.63) is 30.1 Å². The lowest BCUT2D eigenvalue weighted by atomic mass is 9.98. The summed E-state index contributed by atoms with van der Waals surface area (Å²) in [7, 11) is 0. The van der Waals surface area contributed by atoms with Gasteiger partial charge in [-0.15, -0.1) is 24.8 Å². The fourth-order valence-electron chi connectivity index (χ4n) is 3.89. The van der Waals surface area contributed by atoms with E-state index in [0.717, 1.165) is 51.1 Å². The van der Waals surface area contributed by atoms with Crippen molar-refractivity contribution in [1.82, 2.24) is 25.4 Å². The van der Waals surface area contributed by atoms with Crippen molar-refractivity contribution in [3.8, 4) is 0 Å². The van der Waals surface area contributed by atoms with Crippen LogP contribution < -0.4 is 10.6 Å². The largest absolute Gasteiger partial charge is 0.356 e. The van der Waals surface area contributed by atoms with E-state index >= 15 is 0 Å². The number of nitrogens with one attached hydrogen (secondary N) is 2. The Hall–Kier alpha value is -1.45. The van der Waals surface area contributed by atoms with Gasteiger partial charge in [-0.05, 0) is 24.5 Å². The second kappa shape index (κ2) is 11.1. The van der Waals surface area contributed by atoms with Crippen molar-refractivity contribution in [3.63, 3.8) is 0 Å². The Morgan fingerprint density at radius 1 is 1.28 bits per heavy atom. The maximum atomic E-state index is 12.9. The van der Waals surface area contributed by atoms with Gasteiger partial charge in [-0.25, -0.2) is 0 Å². The molecule has 29 heavy (non-hydrogen) atoms. The van der Waals surface area contributed by atoms with Gasteiger partial charge in [0.2, 0.25) is 5.91 Å². The maximum absolute atomic E-state index is 12.9. The Balaban J connectivity index is 0.00000150. The highest BCUT2D eigenvalue weighted by Gasteiger charge is 2.47. The summed E-state index contributed by atoms with van der Waals surface area (Å²) in [5.41, 5.74) is 0.847. The normalized spacial score (nSPS) is 25.0. The monoisotopic (exact) mass is 445 g/mol. The lowest BCUT2D eigenvalue weighted by Crippen LogP contribution is -2.55. The molecule has 1 saturated carbocycles. The molecule has 2 amide bonds. The van der Waals surface area contributed by atoms with Crippen molar-refractivity contribution in [2.24, 2.45) is 0 Å². The summed E-state index contributed by atoms with van der Waals surface area (Å²) in [6, 6.07) is 3.55. The van der Waals surface area contributed by atoms with Crippen LogP contribution in [0.3, 0.4) is 0 Å². The van der Waals surface area contributed by atoms with Gasteiger partial charge in [0.15, 0.2) is 6.10 Å². The van der Waals surface area contributed by atoms with Gasteiger partial charge in [0.05, 0.1) is 6.04 Å². The molecule has 0 spiro atoms. The number of halogens is 2. The van der Waals surface area contributed by atoms with Crippen LogP contribution in [-0.2, 0) is 14.3 Å². The highest BCUT2D eigenvalue weighted by atomic mass is 35.5. The van der Waals surface area contributed by atoms with Crippen LogP contribution in [0.15, 0.2) is 24.5 Å². The van der Waals surface area contributed by atoms with Crippen molar-refractivity contribution >= 4 is 36.6 Å². The zero-order chi connectivity index (χ0) is 18.6. The molecule has 3 heterocycles. The molecule has 10 heteroatoms. The molecular weight excluding hydrogens is 417 g/mol. The fourth-order valence-corrected chi connectivity index (χ4v) is 3.89. The lowest BCUT2D eigenvalue weighted by Gasteiger charge is -2.40. The Morgan fingerprint density at radius 3 is 2.69 bits per heavy atom. The molecule has 0 bridgehead atoms. The molecule has 3 aliphatic rings. The smallest absolute Gasteiger partial charge is 0.251 e. The highest BCUT2D eigenvalue weighted by Crippen LogP contribution is 2.39. The summed E-state index contributed by atoms with van der Waals surface area (Å²) in [4.78, 5) is 33.7. The lowest BCUT2D eigenvalue weighted by molar-refractivity contribution is -0.165. The van der Waals surface area contributed by atoms with E-state index in [1.165, 1.54) is 0 Å². The van der Waals surface area contributed by atoms with Gasteiger partial charge < -0.3 is 20.3 Å². The van der Waals surface area contributed by atoms with E-state index in [0.29, 0.717) is 6.54 Å². The zero-order valence-corrected chi connectivity index (χ0v) is 17.9. The predicted molar refractivity (Wildman–Crippen MR) is 113 cm³/mol. The van der Waals surface area contributed by atoms with Crippen molar-refractivity contribution < 1.29 is 14.3 Å². The molecule has 8 nitrogen and oxygen atoms in total. The Morgan fingerprint density at radius 2 is 2.03 bits per heavy atom. The van der Waals surface area contributed by atoms with Crippen LogP contribution in [0.4, 0.5) is 0 Å². The summed E-state index contributed by atoms with van der Waals surface area (Å²) >= 11 is 0. The summed E-state index contributed by atoms with van der Waals surface area (Å²) in [5, 5.41) is 6.33. The van der Waals surface area contributed by atoms with Gasteiger partial charge in [0, 0.05) is 57.7 Å². The fraction of sp³-hybridized carbons (Fsp3) is 0.632. The SMILES string of the molecule is Cl.Cl.O=C(NCCN1CCNCC1)[C@H]1OCC(=O)N(C2CC2)[C@@H]1c1cccnc1. The van der Waals surface area contributed by atoms with E-state index in [9.17, 15) is 9.59 Å². The molecule has 1 aromatic rings. The standard InChI is InChI=1S/C19H27N5O3.2ClH/c25-16-13-27-18(19(26)22-8-11-23-9-6-20-7-10-23)17(24(16)15-3-4-15)14-2-1-5-21-12-14;;/h1-2,5,12,15,17-18,20H,3-4,6-11,13H2,(H,22,26);2*1H/t17-,18+;;/m1../s1. The second-order valence-electron chi connectivity index (χ2n) is 7.38. The number of piperazine rings is 1. The number of aromatic nitrogens is 1. The van der Waals surface area contributed by atoms with E-state index in [2.05, 4.69) is 20.5 Å². The summed E-state index contributed by atoms with van der Waals surface area (Å²) in [5.74, 6) is -0.201. The number of rotatable bonds is 6. The molecule has 1 aliphatic carbocycles. The summed E-state index contributed by atoms with van der Waals surface area (Å²) in [6.45, 7) is 5.33. The number of ether oxygens (including phenoxy) is 1. The van der Waals surface area contributed by atoms with E-state index in [4.69, 9.17) is 4.74 Å². The number of hydrogen-bond donors (Lipinski definition) is 2. The van der Waals surface area contributed by atoms with Gasteiger partial charge in [-0.3, -0.25) is 19.5 Å². The number of amides is 2. The van der Waals surface area contributed by atoms with Crippen LogP contribution in [0.25, 0.3) is 0 Å². The molecule has 0 aromatic carbocycles. The molecular formula is C19H29Cl2N5O3. The topological polar surface area (TPSA) is 86.8 Å². The molecule has 0 radical (unpaired) electrons. The molecule has 1 aromatic heterocycles. The number of nitrogens with zero attached hydrogens (tertiary/aromatic N) is 3. The first kappa shape index (κ1) is 23.8. The van der Waals surface area contributed by atoms with Gasteiger partial charge >= 0.3 is 0 Å². The third-order valence-corrected chi connectivity index (χ3v) is 5.42. The van der Waals surface area contributed by atoms with Crippen LogP contribution in [0.1, 0.15) is 24.4 Å². The molecule has 3 fully saturated rings. The van der Waals surface area contributed by atoms with Crippen molar-refractivity contribution in [1.29, 1.82) is 0 Å². The molecule has 0 unspecified atom stereocenters. The van der Waals surface area contributed by atoms with Crippen LogP contribution in [0, 0.1) is 0 Å². The average molecular weight is 446 g/mol. The molecule has 4 rings (SSSR count). The number of hydrogen-bond acceptors (Lipinski definition) is 6. The predicted octanol–water partition coefficient (Wildman–Crippen LogP) is 0.378. The van der Waals surface area contributed by atoms with E-state index in [-0.39, 0.29) is 49.3 Å². The number of carbonyl (C=O) groups is 2. The maximum Gasteiger partial charge on any atom is 0.251 e. The van der Waals surface area contributed by atoms with Crippen LogP contribution in [-0.4, -0.2) is 84.6 Å². The van der Waals surface area contributed by atoms with Crippen LogP contribution >= 0.6 is 24.8 Å². The minimum Gasteiger partial charge on any atom is -0.356 e. The van der Waals surface area contributed by atoms with Gasteiger partial charge in [0.25, 0.3) is 5.91 Å². The minimum absolute atomic E-state index is 0. The zero-order valence-electron chi connectivity index (χ0n) is 16.3. The minimum atomic E-state index is -0.699. The van der Waals surface area contributed by atoms with Crippen molar-refractivity contribution in [2.45, 2.75) is 31.0 Å². The first-order valence-electron chi connectivity index (χ1n) is 9.77. The summed E-state index contributed by atoms with van der Waals surface area (Å²) < 4.78 is 5.72. The van der Waals surface area contributed by atoms with Crippen molar-refractivity contribution in [2.75, 3.05) is 45.9 Å². The van der Waals surface area contributed by atoms with Gasteiger partial charge in [-0.2, -0.15) is 0 Å². The third-order valence-electron chi connectivity index (χ3n) is 5.42. The average Bonchev–Trinajstić information content (AvgIpc) is 3.54. The Labute approximate surface area is 183 Å². The Kier molecular flexibility index (Phi) is 9.10. The first-order chi connectivity index (χ1) is 13.2. The highest BCUT2D eigenvalue weighted by molar-refractivity contribution is 5.86. The molecule has 2 atom stereocenters. The van der Waals surface area contributed by atoms with Gasteiger partial charge in [0.1, 0.15) is 6.61 Å².